The Morgan fingerprint density at radius 2 is 1.48 bits per heavy atom. The SMILES string of the molecule is Cn1nc2c(c1Cl)CC[C@H]1C(C)(Cc3cccc(-n4nc(-c5ccccc5)c5c4[C@@]4(C)C=C(C#N)C(=O)C(C)(C)[C@@H]4CC5)c3)C(=O)C(C#N)=C[C@]21C. The van der Waals surface area contributed by atoms with Crippen molar-refractivity contribution in [3.8, 4) is 29.1 Å². The number of nitriles is 2. The number of benzene rings is 2. The number of carbonyl (C=O) groups excluding carboxylic acids is 2. The van der Waals surface area contributed by atoms with Crippen molar-refractivity contribution in [3.05, 3.63) is 111 Å². The Hall–Kier alpha value is -5.05. The molecule has 4 aromatic rings. The minimum Gasteiger partial charge on any atom is -0.293 e. The second-order valence-electron chi connectivity index (χ2n) is 16.4. The van der Waals surface area contributed by atoms with Crippen molar-refractivity contribution in [2.24, 2.45) is 29.7 Å². The molecule has 0 aliphatic heterocycles. The van der Waals surface area contributed by atoms with Crippen molar-refractivity contribution in [2.45, 2.75) is 77.6 Å². The number of ketones is 2. The molecule has 4 aliphatic carbocycles. The van der Waals surface area contributed by atoms with Crippen molar-refractivity contribution in [3.63, 3.8) is 0 Å². The van der Waals surface area contributed by atoms with E-state index >= 15 is 0 Å². The van der Waals surface area contributed by atoms with Crippen LogP contribution in [0.5, 0.6) is 0 Å². The first-order valence-electron chi connectivity index (χ1n) is 18.0. The summed E-state index contributed by atoms with van der Waals surface area (Å²) in [5.74, 6) is -0.397. The van der Waals surface area contributed by atoms with Gasteiger partial charge in [0.2, 0.25) is 0 Å². The summed E-state index contributed by atoms with van der Waals surface area (Å²) < 4.78 is 3.71. The van der Waals surface area contributed by atoms with Gasteiger partial charge >= 0.3 is 0 Å². The highest BCUT2D eigenvalue weighted by Crippen LogP contribution is 2.58. The van der Waals surface area contributed by atoms with Gasteiger partial charge in [0.1, 0.15) is 17.3 Å². The minimum absolute atomic E-state index is 0.0386. The zero-order chi connectivity index (χ0) is 37.0. The van der Waals surface area contributed by atoms with Gasteiger partial charge in [-0.15, -0.1) is 0 Å². The summed E-state index contributed by atoms with van der Waals surface area (Å²) in [7, 11) is 1.83. The van der Waals surface area contributed by atoms with E-state index in [-0.39, 0.29) is 34.5 Å². The summed E-state index contributed by atoms with van der Waals surface area (Å²) in [4.78, 5) is 27.8. The van der Waals surface area contributed by atoms with E-state index in [4.69, 9.17) is 21.8 Å². The van der Waals surface area contributed by atoms with Crippen LogP contribution in [-0.2, 0) is 46.7 Å². The lowest BCUT2D eigenvalue weighted by molar-refractivity contribution is -0.130. The van der Waals surface area contributed by atoms with E-state index < -0.39 is 21.7 Å². The van der Waals surface area contributed by atoms with Crippen LogP contribution in [0.4, 0.5) is 0 Å². The van der Waals surface area contributed by atoms with E-state index in [2.05, 4.69) is 44.2 Å². The number of nitrogens with zero attached hydrogens (tertiary/aromatic N) is 6. The molecule has 0 fully saturated rings. The number of aromatic nitrogens is 4. The van der Waals surface area contributed by atoms with Crippen molar-refractivity contribution in [2.75, 3.05) is 0 Å². The number of Topliss-reactive ketones (excluding diaryl/α,β-unsaturated/α-hetero) is 2. The van der Waals surface area contributed by atoms with Crippen LogP contribution in [0.1, 0.15) is 75.5 Å². The summed E-state index contributed by atoms with van der Waals surface area (Å²) in [5, 5.41) is 31.1. The molecule has 5 atom stereocenters. The molecule has 2 aromatic carbocycles. The van der Waals surface area contributed by atoms with E-state index in [1.54, 1.807) is 4.68 Å². The maximum Gasteiger partial charge on any atom is 0.179 e. The molecule has 8 rings (SSSR count). The minimum atomic E-state index is -0.886. The molecule has 262 valence electrons. The Bertz CT molecular complexity index is 2370. The number of halogens is 1. The predicted molar refractivity (Wildman–Crippen MR) is 199 cm³/mol. The largest absolute Gasteiger partial charge is 0.293 e. The molecule has 0 spiro atoms. The first-order chi connectivity index (χ1) is 24.7. The summed E-state index contributed by atoms with van der Waals surface area (Å²) in [6, 6.07) is 22.8. The van der Waals surface area contributed by atoms with Gasteiger partial charge in [0, 0.05) is 45.4 Å². The summed E-state index contributed by atoms with van der Waals surface area (Å²) >= 11 is 6.68. The molecule has 8 nitrogen and oxygen atoms in total. The number of rotatable bonds is 4. The Morgan fingerprint density at radius 1 is 0.827 bits per heavy atom. The van der Waals surface area contributed by atoms with Gasteiger partial charge in [0.25, 0.3) is 0 Å². The second-order valence-corrected chi connectivity index (χ2v) is 16.8. The number of fused-ring (bicyclic) bond motifs is 6. The number of carbonyl (C=O) groups is 2. The Morgan fingerprint density at radius 3 is 2.19 bits per heavy atom. The van der Waals surface area contributed by atoms with Gasteiger partial charge in [-0.3, -0.25) is 14.3 Å². The van der Waals surface area contributed by atoms with E-state index in [0.29, 0.717) is 18.0 Å². The molecule has 9 heteroatoms. The van der Waals surface area contributed by atoms with Gasteiger partial charge < -0.3 is 0 Å². The monoisotopic (exact) mass is 708 g/mol. The van der Waals surface area contributed by atoms with Gasteiger partial charge in [0.15, 0.2) is 11.6 Å². The Labute approximate surface area is 309 Å². The lowest BCUT2D eigenvalue weighted by Crippen LogP contribution is -2.53. The number of hydrogen-bond acceptors (Lipinski definition) is 6. The summed E-state index contributed by atoms with van der Waals surface area (Å²) in [6.45, 7) is 10.2. The van der Waals surface area contributed by atoms with Crippen LogP contribution in [0.25, 0.3) is 16.9 Å². The Balaban J connectivity index is 1.28. The fraction of sp³-hybridized carbons (Fsp3) is 0.395. The van der Waals surface area contributed by atoms with Gasteiger partial charge in [-0.05, 0) is 61.6 Å². The van der Waals surface area contributed by atoms with Crippen LogP contribution in [0, 0.1) is 45.3 Å². The van der Waals surface area contributed by atoms with Gasteiger partial charge in [0.05, 0.1) is 33.9 Å². The molecule has 0 radical (unpaired) electrons. The molecule has 0 N–H and O–H groups in total. The molecule has 4 aliphatic rings. The van der Waals surface area contributed by atoms with Gasteiger partial charge in [-0.2, -0.15) is 20.7 Å². The standard InChI is InChI=1S/C43H41ClN6O2/c1-40(2)32-17-15-30-34(26-12-8-7-9-13-26)47-50(36(30)42(32,4)22-27(23-45)37(40)51)29-14-10-11-25(19-29)20-43(5)33-18-16-31-35(48-49(6)39(31)44)41(33,3)21-28(24-46)38(43)52/h7-14,19,21-22,32-33H,15-18,20H2,1-6H3/t32-,33+,41-,42-,43?/m0/s1. The second kappa shape index (κ2) is 11.5. The molecule has 2 heterocycles. The number of aryl methyl sites for hydroxylation is 1. The van der Waals surface area contributed by atoms with Crippen LogP contribution in [0.3, 0.4) is 0 Å². The maximum absolute atomic E-state index is 14.3. The fourth-order valence-electron chi connectivity index (χ4n) is 10.7. The van der Waals surface area contributed by atoms with Crippen LogP contribution in [0.2, 0.25) is 5.15 Å². The Kier molecular flexibility index (Phi) is 7.52. The molecule has 0 amide bonds. The zero-order valence-corrected chi connectivity index (χ0v) is 31.2. The van der Waals surface area contributed by atoms with E-state index in [9.17, 15) is 20.1 Å². The molecule has 0 saturated carbocycles. The smallest absolute Gasteiger partial charge is 0.179 e. The average Bonchev–Trinajstić information content (AvgIpc) is 3.67. The average molecular weight is 709 g/mol. The highest BCUT2D eigenvalue weighted by molar-refractivity contribution is 6.30. The van der Waals surface area contributed by atoms with E-state index in [0.717, 1.165) is 64.3 Å². The van der Waals surface area contributed by atoms with Crippen LogP contribution in [0.15, 0.2) is 77.9 Å². The third-order valence-corrected chi connectivity index (χ3v) is 13.5. The molecule has 0 bridgehead atoms. The summed E-state index contributed by atoms with van der Waals surface area (Å²) in [5.41, 5.74) is 5.08. The topological polar surface area (TPSA) is 117 Å². The van der Waals surface area contributed by atoms with Crippen molar-refractivity contribution in [1.82, 2.24) is 19.6 Å². The lowest BCUT2D eigenvalue weighted by atomic mass is 9.50. The molecule has 1 unspecified atom stereocenters. The van der Waals surface area contributed by atoms with E-state index in [1.807, 2.05) is 81.1 Å². The van der Waals surface area contributed by atoms with Crippen molar-refractivity contribution < 1.29 is 9.59 Å². The first kappa shape index (κ1) is 34.1. The van der Waals surface area contributed by atoms with Crippen LogP contribution in [-0.4, -0.2) is 31.1 Å². The number of allylic oxidation sites excluding steroid dienone is 4. The number of hydrogen-bond donors (Lipinski definition) is 0. The van der Waals surface area contributed by atoms with Gasteiger partial charge in [-0.1, -0.05) is 101 Å². The maximum atomic E-state index is 14.3. The quantitative estimate of drug-likeness (QED) is 0.213. The summed E-state index contributed by atoms with van der Waals surface area (Å²) in [6.07, 6.45) is 7.13. The lowest BCUT2D eigenvalue weighted by Gasteiger charge is -2.51. The molecular formula is C43H41ClN6O2. The normalized spacial score (nSPS) is 28.7. The molecule has 2 aromatic heterocycles. The van der Waals surface area contributed by atoms with Crippen molar-refractivity contribution in [1.29, 1.82) is 10.5 Å². The van der Waals surface area contributed by atoms with E-state index in [1.165, 1.54) is 0 Å². The third-order valence-electron chi connectivity index (χ3n) is 13.0. The highest BCUT2D eigenvalue weighted by Gasteiger charge is 2.58. The highest BCUT2D eigenvalue weighted by atomic mass is 35.5. The first-order valence-corrected chi connectivity index (χ1v) is 18.4. The van der Waals surface area contributed by atoms with Gasteiger partial charge in [-0.25, -0.2) is 4.68 Å². The zero-order valence-electron chi connectivity index (χ0n) is 30.4. The predicted octanol–water partition coefficient (Wildman–Crippen LogP) is 7.91. The van der Waals surface area contributed by atoms with Crippen LogP contribution < -0.4 is 0 Å². The molecule has 0 saturated heterocycles. The van der Waals surface area contributed by atoms with Crippen LogP contribution >= 0.6 is 11.6 Å². The third kappa shape index (κ3) is 4.56. The fourth-order valence-corrected chi connectivity index (χ4v) is 10.9. The molecule has 52 heavy (non-hydrogen) atoms. The van der Waals surface area contributed by atoms with Crippen molar-refractivity contribution >= 4 is 23.2 Å². The molecular weight excluding hydrogens is 668 g/mol.